The van der Waals surface area contributed by atoms with Crippen molar-refractivity contribution >= 4 is 39.1 Å². The monoisotopic (exact) mass is 398 g/mol. The summed E-state index contributed by atoms with van der Waals surface area (Å²) in [5, 5.41) is 13.5. The molecule has 0 spiro atoms. The molecule has 0 aliphatic heterocycles. The zero-order chi connectivity index (χ0) is 17.0. The van der Waals surface area contributed by atoms with Crippen LogP contribution in [-0.2, 0) is 6.54 Å². The summed E-state index contributed by atoms with van der Waals surface area (Å²) in [5.41, 5.74) is 0.430. The zero-order valence-corrected chi connectivity index (χ0v) is 14.9. The molecule has 1 heterocycles. The van der Waals surface area contributed by atoms with Gasteiger partial charge in [0, 0.05) is 15.4 Å². The smallest absolute Gasteiger partial charge is 0.355 e. The zero-order valence-electron chi connectivity index (χ0n) is 12.5. The first-order chi connectivity index (χ1) is 10.8. The number of carbonyl (C=O) groups is 2. The summed E-state index contributed by atoms with van der Waals surface area (Å²) >= 11 is 4.54. The first-order valence-corrected chi connectivity index (χ1v) is 8.45. The van der Waals surface area contributed by atoms with E-state index in [4.69, 9.17) is 9.84 Å². The fraction of sp³-hybridized carbons (Fsp3) is 0.267. The van der Waals surface area contributed by atoms with Gasteiger partial charge in [-0.25, -0.2) is 9.78 Å². The lowest BCUT2D eigenvalue weighted by Crippen LogP contribution is -2.23. The fourth-order valence-electron chi connectivity index (χ4n) is 1.78. The number of thiazole rings is 1. The summed E-state index contributed by atoms with van der Waals surface area (Å²) in [4.78, 5) is 26.9. The predicted molar refractivity (Wildman–Crippen MR) is 90.1 cm³/mol. The molecule has 1 aromatic heterocycles. The number of halogens is 1. The van der Waals surface area contributed by atoms with Gasteiger partial charge in [-0.2, -0.15) is 0 Å². The molecule has 0 saturated heterocycles. The summed E-state index contributed by atoms with van der Waals surface area (Å²) in [6.45, 7) is 3.98. The second-order valence-electron chi connectivity index (χ2n) is 4.96. The van der Waals surface area contributed by atoms with Gasteiger partial charge in [-0.05, 0) is 32.0 Å². The number of nitrogens with one attached hydrogen (secondary N) is 1. The van der Waals surface area contributed by atoms with E-state index in [0.29, 0.717) is 16.3 Å². The standard InChI is InChI=1S/C15H15BrN2O4S/c1-8(2)22-11-4-9(3-10(16)5-11)14(19)17-6-13-18-12(7-23-13)15(20)21/h3-5,7-8H,6H2,1-2H3,(H,17,19)(H,20,21). The number of carboxylic acids is 1. The SMILES string of the molecule is CC(C)Oc1cc(Br)cc(C(=O)NCc2nc(C(=O)O)cs2)c1. The molecule has 6 nitrogen and oxygen atoms in total. The molecule has 0 aliphatic carbocycles. The third-order valence-corrected chi connectivity index (χ3v) is 3.98. The first kappa shape index (κ1) is 17.4. The van der Waals surface area contributed by atoms with Crippen LogP contribution in [0, 0.1) is 0 Å². The maximum Gasteiger partial charge on any atom is 0.355 e. The van der Waals surface area contributed by atoms with E-state index in [9.17, 15) is 9.59 Å². The van der Waals surface area contributed by atoms with Gasteiger partial charge in [0.25, 0.3) is 5.91 Å². The molecule has 2 N–H and O–H groups in total. The second kappa shape index (κ2) is 7.56. The summed E-state index contributed by atoms with van der Waals surface area (Å²) < 4.78 is 6.33. The molecule has 1 amide bonds. The third kappa shape index (κ3) is 5.04. The van der Waals surface area contributed by atoms with Crippen LogP contribution >= 0.6 is 27.3 Å². The molecule has 122 valence electrons. The third-order valence-electron chi connectivity index (χ3n) is 2.68. The number of hydrogen-bond donors (Lipinski definition) is 2. The van der Waals surface area contributed by atoms with Crippen LogP contribution in [0.15, 0.2) is 28.1 Å². The maximum absolute atomic E-state index is 12.2. The van der Waals surface area contributed by atoms with E-state index in [1.165, 1.54) is 16.7 Å². The van der Waals surface area contributed by atoms with Crippen molar-refractivity contribution in [3.8, 4) is 5.75 Å². The minimum atomic E-state index is -1.08. The molecular formula is C15H15BrN2O4S. The predicted octanol–water partition coefficient (Wildman–Crippen LogP) is 3.32. The minimum Gasteiger partial charge on any atom is -0.491 e. The van der Waals surface area contributed by atoms with Crippen LogP contribution in [0.4, 0.5) is 0 Å². The summed E-state index contributed by atoms with van der Waals surface area (Å²) in [7, 11) is 0. The average Bonchev–Trinajstić information content (AvgIpc) is 2.92. The van der Waals surface area contributed by atoms with E-state index in [2.05, 4.69) is 26.2 Å². The lowest BCUT2D eigenvalue weighted by atomic mass is 10.2. The highest BCUT2D eigenvalue weighted by Crippen LogP contribution is 2.22. The van der Waals surface area contributed by atoms with Crippen molar-refractivity contribution in [1.82, 2.24) is 10.3 Å². The van der Waals surface area contributed by atoms with Gasteiger partial charge in [0.15, 0.2) is 5.69 Å². The van der Waals surface area contributed by atoms with Gasteiger partial charge in [0.1, 0.15) is 10.8 Å². The number of aromatic nitrogens is 1. The highest BCUT2D eigenvalue weighted by atomic mass is 79.9. The van der Waals surface area contributed by atoms with Crippen LogP contribution < -0.4 is 10.1 Å². The van der Waals surface area contributed by atoms with Crippen molar-refractivity contribution in [1.29, 1.82) is 0 Å². The number of amides is 1. The first-order valence-electron chi connectivity index (χ1n) is 6.78. The van der Waals surface area contributed by atoms with Crippen LogP contribution in [-0.4, -0.2) is 28.1 Å². The Bertz CT molecular complexity index is 730. The van der Waals surface area contributed by atoms with Crippen LogP contribution in [0.3, 0.4) is 0 Å². The van der Waals surface area contributed by atoms with Gasteiger partial charge >= 0.3 is 5.97 Å². The Labute approximate surface area is 145 Å². The molecule has 0 radical (unpaired) electrons. The molecule has 0 bridgehead atoms. The highest BCUT2D eigenvalue weighted by molar-refractivity contribution is 9.10. The number of benzene rings is 1. The molecule has 0 aliphatic rings. The summed E-state index contributed by atoms with van der Waals surface area (Å²) in [5.74, 6) is -0.768. The number of ether oxygens (including phenoxy) is 1. The number of nitrogens with zero attached hydrogens (tertiary/aromatic N) is 1. The second-order valence-corrected chi connectivity index (χ2v) is 6.81. The molecule has 0 fully saturated rings. The molecule has 23 heavy (non-hydrogen) atoms. The van der Waals surface area contributed by atoms with E-state index >= 15 is 0 Å². The minimum absolute atomic E-state index is 0.00460. The topological polar surface area (TPSA) is 88.5 Å². The summed E-state index contributed by atoms with van der Waals surface area (Å²) in [6, 6.07) is 5.13. The van der Waals surface area contributed by atoms with Gasteiger partial charge in [-0.15, -0.1) is 11.3 Å². The Morgan fingerprint density at radius 2 is 2.13 bits per heavy atom. The maximum atomic E-state index is 12.2. The number of carboxylic acid groups (broad SMARTS) is 1. The van der Waals surface area contributed by atoms with Crippen molar-refractivity contribution in [2.24, 2.45) is 0 Å². The molecule has 8 heteroatoms. The highest BCUT2D eigenvalue weighted by Gasteiger charge is 2.12. The van der Waals surface area contributed by atoms with Crippen molar-refractivity contribution in [3.05, 3.63) is 44.3 Å². The van der Waals surface area contributed by atoms with Gasteiger partial charge in [0.2, 0.25) is 0 Å². The molecule has 2 rings (SSSR count). The Morgan fingerprint density at radius 1 is 1.39 bits per heavy atom. The molecule has 0 atom stereocenters. The molecule has 0 saturated carbocycles. The van der Waals surface area contributed by atoms with Crippen molar-refractivity contribution in [2.45, 2.75) is 26.5 Å². The Hall–Kier alpha value is -1.93. The quantitative estimate of drug-likeness (QED) is 0.778. The largest absolute Gasteiger partial charge is 0.491 e. The average molecular weight is 399 g/mol. The van der Waals surface area contributed by atoms with E-state index in [-0.39, 0.29) is 24.2 Å². The Kier molecular flexibility index (Phi) is 5.73. The summed E-state index contributed by atoms with van der Waals surface area (Å²) in [6.07, 6.45) is 0.00460. The van der Waals surface area contributed by atoms with Gasteiger partial charge < -0.3 is 15.2 Å². The fourth-order valence-corrected chi connectivity index (χ4v) is 2.96. The molecule has 1 aromatic carbocycles. The van der Waals surface area contributed by atoms with Crippen LogP contribution in [0.25, 0.3) is 0 Å². The van der Waals surface area contributed by atoms with E-state index in [1.54, 1.807) is 18.2 Å². The Balaban J connectivity index is 2.04. The molecule has 2 aromatic rings. The normalized spacial score (nSPS) is 10.6. The van der Waals surface area contributed by atoms with Crippen LogP contribution in [0.2, 0.25) is 0 Å². The van der Waals surface area contributed by atoms with Crippen molar-refractivity contribution in [2.75, 3.05) is 0 Å². The van der Waals surface area contributed by atoms with Gasteiger partial charge in [0.05, 0.1) is 12.6 Å². The van der Waals surface area contributed by atoms with Gasteiger partial charge in [-0.1, -0.05) is 15.9 Å². The van der Waals surface area contributed by atoms with Crippen LogP contribution in [0.5, 0.6) is 5.75 Å². The van der Waals surface area contributed by atoms with Crippen LogP contribution in [0.1, 0.15) is 39.7 Å². The lowest BCUT2D eigenvalue weighted by Gasteiger charge is -2.11. The lowest BCUT2D eigenvalue weighted by molar-refractivity contribution is 0.0691. The number of hydrogen-bond acceptors (Lipinski definition) is 5. The van der Waals surface area contributed by atoms with E-state index in [1.807, 2.05) is 13.8 Å². The van der Waals surface area contributed by atoms with Crippen molar-refractivity contribution in [3.63, 3.8) is 0 Å². The van der Waals surface area contributed by atoms with E-state index in [0.717, 1.165) is 4.47 Å². The Morgan fingerprint density at radius 3 is 2.74 bits per heavy atom. The van der Waals surface area contributed by atoms with Gasteiger partial charge in [-0.3, -0.25) is 4.79 Å². The number of carbonyl (C=O) groups excluding carboxylic acids is 1. The number of rotatable bonds is 6. The molecular weight excluding hydrogens is 384 g/mol. The molecule has 0 unspecified atom stereocenters. The number of aromatic carboxylic acids is 1. The van der Waals surface area contributed by atoms with E-state index < -0.39 is 5.97 Å². The van der Waals surface area contributed by atoms with Crippen molar-refractivity contribution < 1.29 is 19.4 Å².